The molecule has 0 saturated heterocycles. The Hall–Kier alpha value is -3.78. The van der Waals surface area contributed by atoms with Crippen molar-refractivity contribution in [3.05, 3.63) is 94.6 Å². The third-order valence-electron chi connectivity index (χ3n) is 5.24. The average molecular weight is 444 g/mol. The highest BCUT2D eigenvalue weighted by Crippen LogP contribution is 2.31. The molecule has 1 aromatic heterocycles. The van der Waals surface area contributed by atoms with E-state index in [2.05, 4.69) is 28.3 Å². The zero-order valence-electron chi connectivity index (χ0n) is 17.3. The number of carbonyl (C=O) groups excluding carboxylic acids is 1. The number of benzene rings is 2. The molecule has 1 N–H and O–H groups in total. The molecule has 0 radical (unpaired) electrons. The molecule has 2 aliphatic heterocycles. The number of amidine groups is 2. The highest BCUT2D eigenvalue weighted by Gasteiger charge is 2.36. The molecule has 0 bridgehead atoms. The number of thioether (sulfide) groups is 1. The van der Waals surface area contributed by atoms with Crippen LogP contribution in [0.2, 0.25) is 0 Å². The molecule has 3 heterocycles. The van der Waals surface area contributed by atoms with Crippen molar-refractivity contribution in [2.24, 2.45) is 10.1 Å². The number of amides is 1. The number of nitrogens with zero attached hydrogens (tertiary/aromatic N) is 4. The molecule has 8 heteroatoms. The van der Waals surface area contributed by atoms with Crippen molar-refractivity contribution >= 4 is 39.8 Å². The van der Waals surface area contributed by atoms with Gasteiger partial charge in [0.1, 0.15) is 10.9 Å². The van der Waals surface area contributed by atoms with E-state index in [1.165, 1.54) is 28.9 Å². The number of aryl methyl sites for hydroxylation is 2. The summed E-state index contributed by atoms with van der Waals surface area (Å²) >= 11 is 1.18. The van der Waals surface area contributed by atoms with Crippen molar-refractivity contribution in [1.82, 2.24) is 9.58 Å². The van der Waals surface area contributed by atoms with Crippen LogP contribution in [0.4, 0.5) is 4.39 Å². The van der Waals surface area contributed by atoms with Crippen molar-refractivity contribution in [3.63, 3.8) is 0 Å². The molecule has 0 unspecified atom stereocenters. The Labute approximate surface area is 188 Å². The lowest BCUT2D eigenvalue weighted by molar-refractivity contribution is -0.114. The summed E-state index contributed by atoms with van der Waals surface area (Å²) < 4.78 is 15.2. The number of hydrogen-bond acceptors (Lipinski definition) is 4. The van der Waals surface area contributed by atoms with Crippen LogP contribution < -0.4 is 0 Å². The zero-order chi connectivity index (χ0) is 22.4. The molecule has 0 atom stereocenters. The van der Waals surface area contributed by atoms with Crippen molar-refractivity contribution in [2.75, 3.05) is 0 Å². The maximum Gasteiger partial charge on any atom is 0.283 e. The van der Waals surface area contributed by atoms with E-state index in [1.54, 1.807) is 18.2 Å². The maximum absolute atomic E-state index is 13.2. The molecule has 3 aromatic rings. The molecule has 6 nitrogen and oxygen atoms in total. The van der Waals surface area contributed by atoms with Crippen molar-refractivity contribution in [2.45, 2.75) is 13.8 Å². The molecule has 0 aliphatic carbocycles. The standard InChI is InChI=1S/C24H18FN5OS/c1-14-5-6-15(2)20(12-14)29-11-3-4-18(29)13-19-21(26)30-24(27-22(19)31)32-23(28-30)16-7-9-17(25)10-8-16/h3-13,26H,1-2H3/b19-13-,26-21?. The van der Waals surface area contributed by atoms with E-state index < -0.39 is 5.91 Å². The smallest absolute Gasteiger partial charge is 0.283 e. The minimum atomic E-state index is -0.488. The summed E-state index contributed by atoms with van der Waals surface area (Å²) in [5.41, 5.74) is 4.85. The van der Waals surface area contributed by atoms with E-state index in [-0.39, 0.29) is 17.2 Å². The molecule has 2 aromatic carbocycles. The van der Waals surface area contributed by atoms with Gasteiger partial charge in [0.2, 0.25) is 5.17 Å². The lowest BCUT2D eigenvalue weighted by Crippen LogP contribution is -2.35. The Morgan fingerprint density at radius 2 is 1.88 bits per heavy atom. The summed E-state index contributed by atoms with van der Waals surface area (Å²) in [6, 6.07) is 15.9. The fraction of sp³-hybridized carbons (Fsp3) is 0.0833. The molecular weight excluding hydrogens is 425 g/mol. The predicted molar refractivity (Wildman–Crippen MR) is 126 cm³/mol. The van der Waals surface area contributed by atoms with E-state index in [4.69, 9.17) is 5.41 Å². The van der Waals surface area contributed by atoms with Crippen LogP contribution in [0.5, 0.6) is 0 Å². The second-order valence-corrected chi connectivity index (χ2v) is 8.48. The summed E-state index contributed by atoms with van der Waals surface area (Å²) in [6.45, 7) is 4.06. The molecule has 1 amide bonds. The summed E-state index contributed by atoms with van der Waals surface area (Å²) in [4.78, 5) is 16.9. The number of hydrazone groups is 1. The van der Waals surface area contributed by atoms with Gasteiger partial charge in [0, 0.05) is 23.1 Å². The zero-order valence-corrected chi connectivity index (χ0v) is 18.2. The van der Waals surface area contributed by atoms with Gasteiger partial charge in [-0.2, -0.15) is 15.1 Å². The third-order valence-corrected chi connectivity index (χ3v) is 6.20. The summed E-state index contributed by atoms with van der Waals surface area (Å²) in [5.74, 6) is -0.872. The molecule has 5 rings (SSSR count). The largest absolute Gasteiger partial charge is 0.317 e. The second-order valence-electron chi connectivity index (χ2n) is 7.53. The van der Waals surface area contributed by atoms with Gasteiger partial charge in [0.05, 0.1) is 5.57 Å². The van der Waals surface area contributed by atoms with Crippen LogP contribution in [-0.2, 0) is 4.79 Å². The molecular formula is C24H18FN5OS. The molecule has 32 heavy (non-hydrogen) atoms. The lowest BCUT2D eigenvalue weighted by atomic mass is 10.1. The maximum atomic E-state index is 13.2. The first-order chi connectivity index (χ1) is 15.4. The van der Waals surface area contributed by atoms with Gasteiger partial charge in [-0.05, 0) is 85.3 Å². The summed E-state index contributed by atoms with van der Waals surface area (Å²) in [7, 11) is 0. The first kappa shape index (κ1) is 20.1. The van der Waals surface area contributed by atoms with Gasteiger partial charge in [-0.15, -0.1) is 0 Å². The van der Waals surface area contributed by atoms with Crippen molar-refractivity contribution in [1.29, 1.82) is 5.41 Å². The molecule has 0 saturated carbocycles. The number of rotatable bonds is 3. The summed E-state index contributed by atoms with van der Waals surface area (Å²) in [6.07, 6.45) is 3.60. The van der Waals surface area contributed by atoms with Crippen LogP contribution in [0.25, 0.3) is 11.8 Å². The number of halogens is 1. The SMILES string of the molecule is Cc1ccc(C)c(-n2cccc2/C=C2/C(=N)N3N=C(c4ccc(F)cc4)SC3=NC2=O)c1. The van der Waals surface area contributed by atoms with E-state index in [0.29, 0.717) is 15.8 Å². The minimum absolute atomic E-state index is 0.0432. The predicted octanol–water partition coefficient (Wildman–Crippen LogP) is 4.90. The van der Waals surface area contributed by atoms with Crippen LogP contribution in [0.15, 0.2) is 76.5 Å². The van der Waals surface area contributed by atoms with Crippen LogP contribution in [0.3, 0.4) is 0 Å². The van der Waals surface area contributed by atoms with Crippen LogP contribution in [0, 0.1) is 25.1 Å². The first-order valence-corrected chi connectivity index (χ1v) is 10.7. The Balaban J connectivity index is 1.51. The summed E-state index contributed by atoms with van der Waals surface area (Å²) in [5, 5.41) is 15.3. The van der Waals surface area contributed by atoms with Crippen LogP contribution >= 0.6 is 11.8 Å². The van der Waals surface area contributed by atoms with Gasteiger partial charge in [-0.1, -0.05) is 12.1 Å². The van der Waals surface area contributed by atoms with Crippen molar-refractivity contribution in [3.8, 4) is 5.69 Å². The monoisotopic (exact) mass is 443 g/mol. The number of aliphatic imine (C=N–C) groups is 1. The molecule has 2 aliphatic rings. The minimum Gasteiger partial charge on any atom is -0.317 e. The lowest BCUT2D eigenvalue weighted by Gasteiger charge is -2.20. The Kier molecular flexibility index (Phi) is 4.86. The fourth-order valence-corrected chi connectivity index (χ4v) is 4.46. The fourth-order valence-electron chi connectivity index (χ4n) is 3.56. The van der Waals surface area contributed by atoms with Crippen LogP contribution in [0.1, 0.15) is 22.4 Å². The Morgan fingerprint density at radius 3 is 2.66 bits per heavy atom. The number of carbonyl (C=O) groups is 1. The van der Waals surface area contributed by atoms with Gasteiger partial charge < -0.3 is 4.57 Å². The Morgan fingerprint density at radius 1 is 1.09 bits per heavy atom. The molecule has 0 spiro atoms. The van der Waals surface area contributed by atoms with Gasteiger partial charge in [0.15, 0.2) is 5.84 Å². The normalized spacial score (nSPS) is 17.0. The number of nitrogens with one attached hydrogen (secondary N) is 1. The van der Waals surface area contributed by atoms with E-state index in [1.807, 2.05) is 36.7 Å². The second kappa shape index (κ2) is 7.72. The molecule has 0 fully saturated rings. The van der Waals surface area contributed by atoms with Gasteiger partial charge in [0.25, 0.3) is 5.91 Å². The van der Waals surface area contributed by atoms with Gasteiger partial charge in [-0.25, -0.2) is 4.39 Å². The molecule has 158 valence electrons. The quantitative estimate of drug-likeness (QED) is 0.585. The van der Waals surface area contributed by atoms with Crippen LogP contribution in [-0.4, -0.2) is 31.5 Å². The van der Waals surface area contributed by atoms with E-state index in [0.717, 1.165) is 22.5 Å². The highest BCUT2D eigenvalue weighted by molar-refractivity contribution is 8.27. The van der Waals surface area contributed by atoms with E-state index in [9.17, 15) is 9.18 Å². The Bertz CT molecular complexity index is 1370. The van der Waals surface area contributed by atoms with Crippen molar-refractivity contribution < 1.29 is 9.18 Å². The number of aromatic nitrogens is 1. The van der Waals surface area contributed by atoms with Gasteiger partial charge in [-0.3, -0.25) is 10.2 Å². The average Bonchev–Trinajstić information content (AvgIpc) is 3.40. The van der Waals surface area contributed by atoms with Gasteiger partial charge >= 0.3 is 0 Å². The highest BCUT2D eigenvalue weighted by atomic mass is 32.2. The number of fused-ring (bicyclic) bond motifs is 1. The third kappa shape index (κ3) is 3.48. The number of hydrogen-bond donors (Lipinski definition) is 1. The first-order valence-electron chi connectivity index (χ1n) is 9.92. The van der Waals surface area contributed by atoms with E-state index >= 15 is 0 Å². The topological polar surface area (TPSA) is 73.8 Å².